The van der Waals surface area contributed by atoms with E-state index in [1.807, 2.05) is 0 Å². The molecule has 0 unspecified atom stereocenters. The van der Waals surface area contributed by atoms with Gasteiger partial charge in [-0.1, -0.05) is 11.6 Å². The maximum Gasteiger partial charge on any atom is 0.341 e. The van der Waals surface area contributed by atoms with Gasteiger partial charge in [0.25, 0.3) is 6.43 Å². The predicted molar refractivity (Wildman–Crippen MR) is 59.7 cm³/mol. The molecule has 0 amide bonds. The Hall–Kier alpha value is -0.940. The lowest BCUT2D eigenvalue weighted by atomic mass is 10.1. The highest BCUT2D eigenvalue weighted by atomic mass is 35.5. The van der Waals surface area contributed by atoms with Crippen LogP contribution < -0.4 is 0 Å². The number of halogens is 4. The van der Waals surface area contributed by atoms with Crippen LogP contribution in [0.5, 0.6) is 0 Å². The molecular weight excluding hydrogens is 275 g/mol. The summed E-state index contributed by atoms with van der Waals surface area (Å²) < 4.78 is 29.7. The van der Waals surface area contributed by atoms with E-state index in [1.165, 1.54) is 0 Å². The number of esters is 1. The number of alkyl halides is 3. The summed E-state index contributed by atoms with van der Waals surface area (Å²) in [6.07, 6.45) is -2.77. The molecule has 1 heterocycles. The van der Waals surface area contributed by atoms with Crippen molar-refractivity contribution in [1.29, 1.82) is 0 Å². The van der Waals surface area contributed by atoms with Crippen LogP contribution in [0.25, 0.3) is 0 Å². The lowest BCUT2D eigenvalue weighted by molar-refractivity contribution is 0.0524. The predicted octanol–water partition coefficient (Wildman–Crippen LogP) is 3.59. The van der Waals surface area contributed by atoms with Crippen molar-refractivity contribution in [3.63, 3.8) is 0 Å². The van der Waals surface area contributed by atoms with Crippen LogP contribution in [0.1, 0.15) is 35.0 Å². The van der Waals surface area contributed by atoms with Crippen LogP contribution in [0.2, 0.25) is 5.15 Å². The summed E-state index contributed by atoms with van der Waals surface area (Å²) in [6, 6.07) is 1.05. The van der Waals surface area contributed by atoms with Crippen LogP contribution in [-0.4, -0.2) is 17.6 Å². The Morgan fingerprint density at radius 1 is 1.59 bits per heavy atom. The SMILES string of the molecule is CCOC(=O)c1c(CCl)cc(C(F)F)nc1Cl. The zero-order valence-electron chi connectivity index (χ0n) is 8.84. The first-order chi connectivity index (χ1) is 8.01. The highest BCUT2D eigenvalue weighted by molar-refractivity contribution is 6.32. The number of nitrogens with zero attached hydrogens (tertiary/aromatic N) is 1. The molecule has 0 aliphatic carbocycles. The van der Waals surface area contributed by atoms with Gasteiger partial charge in [0.1, 0.15) is 16.4 Å². The molecule has 0 saturated carbocycles. The van der Waals surface area contributed by atoms with Gasteiger partial charge in [0.2, 0.25) is 0 Å². The van der Waals surface area contributed by atoms with E-state index >= 15 is 0 Å². The van der Waals surface area contributed by atoms with Crippen LogP contribution in [0, 0.1) is 0 Å². The summed E-state index contributed by atoms with van der Waals surface area (Å²) in [4.78, 5) is 15.0. The third kappa shape index (κ3) is 3.26. The largest absolute Gasteiger partial charge is 0.462 e. The van der Waals surface area contributed by atoms with Crippen LogP contribution in [0.3, 0.4) is 0 Å². The summed E-state index contributed by atoms with van der Waals surface area (Å²) in [7, 11) is 0. The van der Waals surface area contributed by atoms with Crippen molar-refractivity contribution < 1.29 is 18.3 Å². The second kappa shape index (κ2) is 6.12. The fourth-order valence-corrected chi connectivity index (χ4v) is 1.73. The molecule has 3 nitrogen and oxygen atoms in total. The van der Waals surface area contributed by atoms with Gasteiger partial charge < -0.3 is 4.74 Å². The number of carbonyl (C=O) groups excluding carboxylic acids is 1. The van der Waals surface area contributed by atoms with E-state index in [-0.39, 0.29) is 28.8 Å². The molecule has 0 N–H and O–H groups in total. The molecule has 0 spiro atoms. The van der Waals surface area contributed by atoms with Crippen molar-refractivity contribution in [3.8, 4) is 0 Å². The lowest BCUT2D eigenvalue weighted by Gasteiger charge is -2.10. The Morgan fingerprint density at radius 3 is 2.71 bits per heavy atom. The molecule has 0 aliphatic heterocycles. The molecule has 94 valence electrons. The molecular formula is C10H9Cl2F2NO2. The molecule has 0 fully saturated rings. The number of hydrogen-bond acceptors (Lipinski definition) is 3. The van der Waals surface area contributed by atoms with Gasteiger partial charge in [-0.25, -0.2) is 18.6 Å². The Balaban J connectivity index is 3.25. The molecule has 7 heteroatoms. The van der Waals surface area contributed by atoms with Crippen molar-refractivity contribution >= 4 is 29.2 Å². The van der Waals surface area contributed by atoms with Gasteiger partial charge in [-0.2, -0.15) is 0 Å². The minimum absolute atomic E-state index is 0.0621. The summed E-state index contributed by atoms with van der Waals surface area (Å²) in [5.74, 6) is -0.850. The van der Waals surface area contributed by atoms with Gasteiger partial charge >= 0.3 is 5.97 Å². The zero-order chi connectivity index (χ0) is 13.0. The highest BCUT2D eigenvalue weighted by Gasteiger charge is 2.21. The average Bonchev–Trinajstić information content (AvgIpc) is 2.27. The van der Waals surface area contributed by atoms with Gasteiger partial charge in [0, 0.05) is 5.88 Å². The van der Waals surface area contributed by atoms with Gasteiger partial charge in [-0.15, -0.1) is 11.6 Å². The lowest BCUT2D eigenvalue weighted by Crippen LogP contribution is -2.11. The van der Waals surface area contributed by atoms with Crippen LogP contribution in [-0.2, 0) is 10.6 Å². The average molecular weight is 284 g/mol. The smallest absolute Gasteiger partial charge is 0.341 e. The van der Waals surface area contributed by atoms with Crippen LogP contribution in [0.15, 0.2) is 6.07 Å². The van der Waals surface area contributed by atoms with E-state index in [9.17, 15) is 13.6 Å². The second-order valence-corrected chi connectivity index (χ2v) is 3.65. The molecule has 0 bridgehead atoms. The van der Waals surface area contributed by atoms with Gasteiger partial charge in [-0.05, 0) is 18.6 Å². The number of ether oxygens (including phenoxy) is 1. The summed E-state index contributed by atoms with van der Waals surface area (Å²) in [5.41, 5.74) is -0.396. The van der Waals surface area contributed by atoms with Crippen LogP contribution in [0.4, 0.5) is 8.78 Å². The molecule has 0 aromatic carbocycles. The zero-order valence-corrected chi connectivity index (χ0v) is 10.4. The first-order valence-electron chi connectivity index (χ1n) is 4.71. The normalized spacial score (nSPS) is 10.7. The first kappa shape index (κ1) is 14.1. The van der Waals surface area contributed by atoms with Crippen molar-refractivity contribution in [1.82, 2.24) is 4.98 Å². The number of aromatic nitrogens is 1. The molecule has 17 heavy (non-hydrogen) atoms. The summed E-state index contributed by atoms with van der Waals surface area (Å²) in [5, 5.41) is -0.322. The monoisotopic (exact) mass is 283 g/mol. The van der Waals surface area contributed by atoms with E-state index in [1.54, 1.807) is 6.92 Å². The second-order valence-electron chi connectivity index (χ2n) is 3.03. The van der Waals surface area contributed by atoms with Gasteiger partial charge in [0.15, 0.2) is 0 Å². The van der Waals surface area contributed by atoms with Crippen molar-refractivity contribution in [2.24, 2.45) is 0 Å². The van der Waals surface area contributed by atoms with E-state index < -0.39 is 18.1 Å². The third-order valence-corrected chi connectivity index (χ3v) is 2.49. The molecule has 1 aromatic heterocycles. The maximum atomic E-state index is 12.5. The number of pyridine rings is 1. The Kier molecular flexibility index (Phi) is 5.08. The first-order valence-corrected chi connectivity index (χ1v) is 5.63. The summed E-state index contributed by atoms with van der Waals surface area (Å²) in [6.45, 7) is 1.76. The Labute approximate surface area is 107 Å². The van der Waals surface area contributed by atoms with Gasteiger partial charge in [-0.3, -0.25) is 0 Å². The van der Waals surface area contributed by atoms with E-state index in [0.29, 0.717) is 0 Å². The Bertz CT molecular complexity index is 427. The maximum absolute atomic E-state index is 12.5. The van der Waals surface area contributed by atoms with E-state index in [4.69, 9.17) is 27.9 Å². The topological polar surface area (TPSA) is 39.2 Å². The number of rotatable bonds is 4. The van der Waals surface area contributed by atoms with Crippen molar-refractivity contribution in [2.45, 2.75) is 19.2 Å². The molecule has 0 aliphatic rings. The standard InChI is InChI=1S/C10H9Cl2F2NO2/c1-2-17-10(16)7-5(4-11)3-6(9(13)14)15-8(7)12/h3,9H,2,4H2,1H3. The number of hydrogen-bond donors (Lipinski definition) is 0. The fourth-order valence-electron chi connectivity index (χ4n) is 1.22. The minimum Gasteiger partial charge on any atom is -0.462 e. The molecule has 0 saturated heterocycles. The van der Waals surface area contributed by atoms with Crippen LogP contribution >= 0.6 is 23.2 Å². The summed E-state index contributed by atoms with van der Waals surface area (Å²) >= 11 is 11.3. The molecule has 1 aromatic rings. The quantitative estimate of drug-likeness (QED) is 0.482. The molecule has 0 atom stereocenters. The van der Waals surface area contributed by atoms with Crippen molar-refractivity contribution in [3.05, 3.63) is 28.0 Å². The van der Waals surface area contributed by atoms with E-state index in [0.717, 1.165) is 6.07 Å². The fraction of sp³-hybridized carbons (Fsp3) is 0.400. The Morgan fingerprint density at radius 2 is 2.24 bits per heavy atom. The third-order valence-electron chi connectivity index (χ3n) is 1.92. The molecule has 0 radical (unpaired) electrons. The van der Waals surface area contributed by atoms with Crippen molar-refractivity contribution in [2.75, 3.05) is 6.61 Å². The molecule has 1 rings (SSSR count). The highest BCUT2D eigenvalue weighted by Crippen LogP contribution is 2.26. The van der Waals surface area contributed by atoms with Gasteiger partial charge in [0.05, 0.1) is 6.61 Å². The number of carbonyl (C=O) groups is 1. The minimum atomic E-state index is -2.77. The van der Waals surface area contributed by atoms with E-state index in [2.05, 4.69) is 4.98 Å².